The molecular weight excluding hydrogens is 242 g/mol. The van der Waals surface area contributed by atoms with E-state index in [0.29, 0.717) is 18.1 Å². The summed E-state index contributed by atoms with van der Waals surface area (Å²) < 4.78 is 11.0. The Morgan fingerprint density at radius 3 is 2.68 bits per heavy atom. The Kier molecular flexibility index (Phi) is 3.90. The van der Waals surface area contributed by atoms with Gasteiger partial charge in [-0.25, -0.2) is 0 Å². The molecule has 0 radical (unpaired) electrons. The first kappa shape index (κ1) is 13.6. The van der Waals surface area contributed by atoms with Gasteiger partial charge in [-0.15, -0.1) is 0 Å². The first-order valence-electron chi connectivity index (χ1n) is 6.35. The van der Waals surface area contributed by atoms with Crippen molar-refractivity contribution >= 4 is 11.4 Å². The van der Waals surface area contributed by atoms with Crippen molar-refractivity contribution < 1.29 is 14.3 Å². The van der Waals surface area contributed by atoms with Crippen LogP contribution in [0.2, 0.25) is 0 Å². The highest BCUT2D eigenvalue weighted by atomic mass is 16.7. The van der Waals surface area contributed by atoms with Gasteiger partial charge in [0.25, 0.3) is 6.29 Å². The zero-order valence-corrected chi connectivity index (χ0v) is 11.8. The van der Waals surface area contributed by atoms with Crippen LogP contribution in [0.1, 0.15) is 18.1 Å². The molecule has 0 saturated heterocycles. The van der Waals surface area contributed by atoms with Crippen molar-refractivity contribution in [2.24, 2.45) is 0 Å². The Balaban J connectivity index is 2.43. The number of benzene rings is 1. The van der Waals surface area contributed by atoms with Gasteiger partial charge in [-0.2, -0.15) is 0 Å². The van der Waals surface area contributed by atoms with Gasteiger partial charge in [0.2, 0.25) is 11.7 Å². The van der Waals surface area contributed by atoms with E-state index in [1.807, 2.05) is 52.2 Å². The zero-order valence-electron chi connectivity index (χ0n) is 11.8. The first-order chi connectivity index (χ1) is 9.04. The van der Waals surface area contributed by atoms with E-state index in [-0.39, 0.29) is 5.78 Å². The molecule has 1 aromatic rings. The monoisotopic (exact) mass is 261 g/mol. The van der Waals surface area contributed by atoms with E-state index in [1.165, 1.54) is 0 Å². The molecule has 1 aliphatic heterocycles. The summed E-state index contributed by atoms with van der Waals surface area (Å²) in [6.45, 7) is 4.29. The van der Waals surface area contributed by atoms with Crippen molar-refractivity contribution in [3.63, 3.8) is 0 Å². The molecule has 0 spiro atoms. The lowest BCUT2D eigenvalue weighted by atomic mass is 10.0. The Labute approximate surface area is 113 Å². The Bertz CT molecular complexity index is 520. The van der Waals surface area contributed by atoms with Gasteiger partial charge in [-0.3, -0.25) is 4.79 Å². The molecule has 1 aliphatic rings. The van der Waals surface area contributed by atoms with Gasteiger partial charge in [0.15, 0.2) is 0 Å². The summed E-state index contributed by atoms with van der Waals surface area (Å²) in [7, 11) is 3.71. The normalized spacial score (nSPS) is 18.7. The smallest absolute Gasteiger partial charge is 0.266 e. The van der Waals surface area contributed by atoms with Crippen LogP contribution in [0.25, 0.3) is 5.57 Å². The summed E-state index contributed by atoms with van der Waals surface area (Å²) in [6, 6.07) is 7.84. The lowest BCUT2D eigenvalue weighted by Gasteiger charge is -2.16. The fourth-order valence-electron chi connectivity index (χ4n) is 2.09. The Morgan fingerprint density at radius 2 is 2.11 bits per heavy atom. The molecule has 1 atom stereocenters. The molecule has 0 fully saturated rings. The first-order valence-corrected chi connectivity index (χ1v) is 6.35. The minimum absolute atomic E-state index is 0.115. The van der Waals surface area contributed by atoms with E-state index in [0.717, 1.165) is 11.1 Å². The highest BCUT2D eigenvalue weighted by Crippen LogP contribution is 2.32. The molecule has 0 N–H and O–H groups in total. The predicted octanol–water partition coefficient (Wildman–Crippen LogP) is 2.19. The quantitative estimate of drug-likeness (QED) is 0.833. The lowest BCUT2D eigenvalue weighted by molar-refractivity contribution is -0.150. The number of rotatable bonds is 4. The van der Waals surface area contributed by atoms with Crippen LogP contribution in [0.3, 0.4) is 0 Å². The van der Waals surface area contributed by atoms with Crippen molar-refractivity contribution in [2.75, 3.05) is 20.7 Å². The van der Waals surface area contributed by atoms with Crippen LogP contribution in [-0.4, -0.2) is 37.7 Å². The number of nitrogens with zero attached hydrogens (tertiary/aromatic N) is 1. The molecule has 4 heteroatoms. The van der Waals surface area contributed by atoms with Crippen LogP contribution >= 0.6 is 0 Å². The fourth-order valence-corrected chi connectivity index (χ4v) is 2.09. The molecule has 1 heterocycles. The molecule has 19 heavy (non-hydrogen) atoms. The molecule has 0 amide bonds. The van der Waals surface area contributed by atoms with Gasteiger partial charge in [0.1, 0.15) is 0 Å². The topological polar surface area (TPSA) is 38.8 Å². The summed E-state index contributed by atoms with van der Waals surface area (Å²) in [4.78, 5) is 14.2. The van der Waals surface area contributed by atoms with Crippen LogP contribution in [0.15, 0.2) is 30.1 Å². The molecule has 0 saturated carbocycles. The molecule has 1 unspecified atom stereocenters. The predicted molar refractivity (Wildman–Crippen MR) is 73.3 cm³/mol. The van der Waals surface area contributed by atoms with Gasteiger partial charge in [0.05, 0.1) is 5.57 Å². The third-order valence-corrected chi connectivity index (χ3v) is 2.92. The average molecular weight is 261 g/mol. The maximum atomic E-state index is 12.4. The summed E-state index contributed by atoms with van der Waals surface area (Å²) in [6.07, 6.45) is -0.821. The summed E-state index contributed by atoms with van der Waals surface area (Å²) in [5.74, 6) is 0.449. The van der Waals surface area contributed by atoms with Crippen LogP contribution in [0.4, 0.5) is 0 Å². The van der Waals surface area contributed by atoms with Gasteiger partial charge in [-0.05, 0) is 19.4 Å². The van der Waals surface area contributed by atoms with Crippen molar-refractivity contribution in [1.29, 1.82) is 0 Å². The second-order valence-corrected chi connectivity index (χ2v) is 4.71. The number of aryl methyl sites for hydroxylation is 1. The molecular formula is C15H19NO3. The molecule has 2 rings (SSSR count). The number of hydrogen-bond donors (Lipinski definition) is 0. The molecule has 0 aromatic heterocycles. The highest BCUT2D eigenvalue weighted by Gasteiger charge is 2.37. The van der Waals surface area contributed by atoms with Crippen LogP contribution in [-0.2, 0) is 14.3 Å². The number of ketones is 1. The average Bonchev–Trinajstić information content (AvgIpc) is 2.68. The molecule has 4 nitrogen and oxygen atoms in total. The van der Waals surface area contributed by atoms with E-state index in [2.05, 4.69) is 0 Å². The van der Waals surface area contributed by atoms with Crippen molar-refractivity contribution in [2.45, 2.75) is 20.1 Å². The molecule has 0 bridgehead atoms. The third kappa shape index (κ3) is 2.63. The Morgan fingerprint density at radius 1 is 1.37 bits per heavy atom. The maximum absolute atomic E-state index is 12.4. The minimum Gasteiger partial charge on any atom is -0.441 e. The van der Waals surface area contributed by atoms with Crippen molar-refractivity contribution in [1.82, 2.24) is 4.90 Å². The standard InChI is InChI=1S/C15H19NO3/c1-5-18-15-13(17)12(14(19-15)16(3)4)11-8-6-7-10(2)9-11/h6-9,15H,5H2,1-4H3. The molecule has 102 valence electrons. The maximum Gasteiger partial charge on any atom is 0.266 e. The van der Waals surface area contributed by atoms with Crippen LogP contribution < -0.4 is 0 Å². The highest BCUT2D eigenvalue weighted by molar-refractivity contribution is 6.24. The number of carbonyl (C=O) groups excluding carboxylic acids is 1. The summed E-state index contributed by atoms with van der Waals surface area (Å²) in [5.41, 5.74) is 2.57. The van der Waals surface area contributed by atoms with Gasteiger partial charge < -0.3 is 14.4 Å². The fraction of sp³-hybridized carbons (Fsp3) is 0.400. The minimum atomic E-state index is -0.821. The number of ether oxygens (including phenoxy) is 2. The van der Waals surface area contributed by atoms with E-state index in [4.69, 9.17) is 9.47 Å². The number of Topliss-reactive ketones (excluding diaryl/α,β-unsaturated/α-hetero) is 1. The summed E-state index contributed by atoms with van der Waals surface area (Å²) in [5, 5.41) is 0. The lowest BCUT2D eigenvalue weighted by Crippen LogP contribution is -2.22. The molecule has 0 aliphatic carbocycles. The second kappa shape index (κ2) is 5.45. The van der Waals surface area contributed by atoms with Crippen LogP contribution in [0, 0.1) is 6.92 Å². The van der Waals surface area contributed by atoms with Gasteiger partial charge in [0, 0.05) is 20.7 Å². The summed E-state index contributed by atoms with van der Waals surface area (Å²) >= 11 is 0. The van der Waals surface area contributed by atoms with Crippen LogP contribution in [0.5, 0.6) is 0 Å². The van der Waals surface area contributed by atoms with E-state index < -0.39 is 6.29 Å². The van der Waals surface area contributed by atoms with Gasteiger partial charge in [-0.1, -0.05) is 29.8 Å². The van der Waals surface area contributed by atoms with E-state index in [9.17, 15) is 4.79 Å². The number of carbonyl (C=O) groups is 1. The largest absolute Gasteiger partial charge is 0.441 e. The van der Waals surface area contributed by atoms with E-state index >= 15 is 0 Å². The second-order valence-electron chi connectivity index (χ2n) is 4.71. The van der Waals surface area contributed by atoms with E-state index in [1.54, 1.807) is 4.90 Å². The van der Waals surface area contributed by atoms with Gasteiger partial charge >= 0.3 is 0 Å². The third-order valence-electron chi connectivity index (χ3n) is 2.92. The molecule has 1 aromatic carbocycles. The van der Waals surface area contributed by atoms with Crippen molar-refractivity contribution in [3.05, 3.63) is 41.3 Å². The zero-order chi connectivity index (χ0) is 14.0. The SMILES string of the molecule is CCOC1OC(N(C)C)=C(c2cccc(C)c2)C1=O. The Hall–Kier alpha value is -1.81. The van der Waals surface area contributed by atoms with Crippen molar-refractivity contribution in [3.8, 4) is 0 Å². The number of hydrogen-bond acceptors (Lipinski definition) is 4.